The van der Waals surface area contributed by atoms with Gasteiger partial charge in [-0.3, -0.25) is 24.2 Å². The van der Waals surface area contributed by atoms with E-state index in [1.807, 2.05) is 47.0 Å². The quantitative estimate of drug-likeness (QED) is 0.152. The molecule has 3 aromatic heterocycles. The van der Waals surface area contributed by atoms with Crippen molar-refractivity contribution in [2.24, 2.45) is 0 Å². The van der Waals surface area contributed by atoms with Crippen LogP contribution in [0.3, 0.4) is 0 Å². The average Bonchev–Trinajstić information content (AvgIpc) is 3.68. The molecule has 0 atom stereocenters. The number of methoxy groups -OCH3 is 1. The van der Waals surface area contributed by atoms with Gasteiger partial charge >= 0.3 is 0 Å². The summed E-state index contributed by atoms with van der Waals surface area (Å²) in [5.41, 5.74) is 4.46. The molecule has 8 nitrogen and oxygen atoms in total. The molecule has 8 heteroatoms. The fourth-order valence-electron chi connectivity index (χ4n) is 5.42. The minimum Gasteiger partial charge on any atom is -0.497 e. The number of Topliss-reactive ketones (excluding diaryl/α,β-unsaturated/α-hetero) is 4. The normalized spacial score (nSPS) is 11.1. The molecule has 44 heavy (non-hydrogen) atoms. The second-order valence-electron chi connectivity index (χ2n) is 10.5. The largest absolute Gasteiger partial charge is 0.497 e. The van der Waals surface area contributed by atoms with Crippen molar-refractivity contribution in [3.63, 3.8) is 0 Å². The van der Waals surface area contributed by atoms with Crippen molar-refractivity contribution in [2.75, 3.05) is 7.11 Å². The van der Waals surface area contributed by atoms with Gasteiger partial charge in [0.05, 0.1) is 12.6 Å². The van der Waals surface area contributed by atoms with Crippen molar-refractivity contribution in [3.8, 4) is 11.4 Å². The number of carbonyl (C=O) groups is 4. The Morgan fingerprint density at radius 3 is 2.16 bits per heavy atom. The minimum absolute atomic E-state index is 0.0747. The highest BCUT2D eigenvalue weighted by molar-refractivity contribution is 6.11. The van der Waals surface area contributed by atoms with Gasteiger partial charge in [0.15, 0.2) is 23.1 Å². The zero-order chi connectivity index (χ0) is 30.6. The van der Waals surface area contributed by atoms with Crippen molar-refractivity contribution in [1.82, 2.24) is 14.5 Å². The Morgan fingerprint density at radius 1 is 0.727 bits per heavy atom. The van der Waals surface area contributed by atoms with E-state index in [0.717, 1.165) is 27.5 Å². The molecule has 6 aromatic rings. The van der Waals surface area contributed by atoms with Crippen LogP contribution in [0.25, 0.3) is 27.5 Å². The van der Waals surface area contributed by atoms with E-state index in [9.17, 15) is 19.2 Å². The van der Waals surface area contributed by atoms with Gasteiger partial charge < -0.3 is 14.3 Å². The van der Waals surface area contributed by atoms with Crippen molar-refractivity contribution < 1.29 is 23.9 Å². The highest BCUT2D eigenvalue weighted by Gasteiger charge is 2.19. The highest BCUT2D eigenvalue weighted by atomic mass is 16.5. The van der Waals surface area contributed by atoms with Crippen LogP contribution in [-0.2, 0) is 0 Å². The number of hydrogen-bond donors (Lipinski definition) is 1. The van der Waals surface area contributed by atoms with Crippen LogP contribution in [0.2, 0.25) is 0 Å². The second kappa shape index (κ2) is 12.3. The summed E-state index contributed by atoms with van der Waals surface area (Å²) in [6.45, 7) is 0. The van der Waals surface area contributed by atoms with Crippen LogP contribution in [-0.4, -0.2) is 44.8 Å². The Balaban J connectivity index is 1.23. The maximum absolute atomic E-state index is 13.4. The monoisotopic (exact) mass is 583 g/mol. The highest BCUT2D eigenvalue weighted by Crippen LogP contribution is 2.29. The summed E-state index contributed by atoms with van der Waals surface area (Å²) < 4.78 is 7.09. The fourth-order valence-corrected chi connectivity index (χ4v) is 5.42. The van der Waals surface area contributed by atoms with Gasteiger partial charge in [0.25, 0.3) is 0 Å². The second-order valence-corrected chi connectivity index (χ2v) is 10.5. The summed E-state index contributed by atoms with van der Waals surface area (Å²) in [7, 11) is 1.57. The number of aromatic amines is 1. The first-order valence-corrected chi connectivity index (χ1v) is 14.3. The van der Waals surface area contributed by atoms with E-state index in [-0.39, 0.29) is 48.8 Å². The van der Waals surface area contributed by atoms with E-state index in [1.165, 1.54) is 6.20 Å². The van der Waals surface area contributed by atoms with Gasteiger partial charge in [-0.1, -0.05) is 18.2 Å². The van der Waals surface area contributed by atoms with E-state index < -0.39 is 0 Å². The summed E-state index contributed by atoms with van der Waals surface area (Å²) in [5.74, 6) is 0.158. The van der Waals surface area contributed by atoms with Crippen LogP contribution in [0, 0.1) is 0 Å². The van der Waals surface area contributed by atoms with E-state index in [4.69, 9.17) is 4.74 Å². The fraction of sp³-hybridized carbons (Fsp3) is 0.139. The first-order valence-electron chi connectivity index (χ1n) is 14.3. The number of nitrogens with one attached hydrogen (secondary N) is 1. The summed E-state index contributed by atoms with van der Waals surface area (Å²) in [6, 6.07) is 23.6. The number of ether oxygens (including phenoxy) is 1. The molecule has 218 valence electrons. The number of nitrogens with zero attached hydrogens (tertiary/aromatic N) is 2. The average molecular weight is 584 g/mol. The lowest BCUT2D eigenvalue weighted by Gasteiger charge is -2.07. The molecule has 1 N–H and O–H groups in total. The summed E-state index contributed by atoms with van der Waals surface area (Å²) >= 11 is 0. The van der Waals surface area contributed by atoms with Crippen molar-refractivity contribution in [2.45, 2.75) is 25.7 Å². The van der Waals surface area contributed by atoms with E-state index in [0.29, 0.717) is 28.0 Å². The predicted molar refractivity (Wildman–Crippen MR) is 168 cm³/mol. The predicted octanol–water partition coefficient (Wildman–Crippen LogP) is 7.21. The summed E-state index contributed by atoms with van der Waals surface area (Å²) in [5, 5.41) is 1.52. The van der Waals surface area contributed by atoms with E-state index in [1.54, 1.807) is 62.1 Å². The first-order chi connectivity index (χ1) is 21.4. The van der Waals surface area contributed by atoms with Crippen molar-refractivity contribution in [1.29, 1.82) is 0 Å². The van der Waals surface area contributed by atoms with Gasteiger partial charge in [0.2, 0.25) is 0 Å². The maximum atomic E-state index is 13.4. The lowest BCUT2D eigenvalue weighted by molar-refractivity contribution is 0.0918. The van der Waals surface area contributed by atoms with Crippen LogP contribution >= 0.6 is 0 Å². The molecule has 0 bridgehead atoms. The Bertz CT molecular complexity index is 2020. The number of para-hydroxylation sites is 1. The molecule has 0 fully saturated rings. The van der Waals surface area contributed by atoms with Gasteiger partial charge in [-0.15, -0.1) is 0 Å². The van der Waals surface area contributed by atoms with E-state index in [2.05, 4.69) is 9.97 Å². The molecular formula is C36H29N3O5. The zero-order valence-electron chi connectivity index (χ0n) is 24.1. The Morgan fingerprint density at radius 2 is 1.43 bits per heavy atom. The molecule has 0 aliphatic rings. The lowest BCUT2D eigenvalue weighted by Crippen LogP contribution is -2.05. The Labute approximate surface area is 253 Å². The smallest absolute Gasteiger partial charge is 0.165 e. The molecule has 0 aliphatic carbocycles. The zero-order valence-corrected chi connectivity index (χ0v) is 24.1. The van der Waals surface area contributed by atoms with Crippen LogP contribution in [0.1, 0.15) is 67.1 Å². The van der Waals surface area contributed by atoms with Crippen LogP contribution < -0.4 is 4.74 Å². The van der Waals surface area contributed by atoms with Crippen LogP contribution in [0.15, 0.2) is 104 Å². The third kappa shape index (κ3) is 5.70. The SMILES string of the molecule is COc1ccc(C(=O)CCC(=O)c2cn(-c3ccc4[nH]cc(C(=O)CCC(=O)c5cccnc5)c4c3)c3ccccc23)cc1. The standard InChI is InChI=1S/C36H29N3O5/c1-44-26-11-8-23(9-12-26)33(40)14-17-36(43)30-22-39(32-7-3-2-6-27(30)32)25-10-13-31-28(19-25)29(21-38-31)35(42)16-15-34(41)24-5-4-18-37-20-24/h2-13,18-22,38H,14-17H2,1H3. The topological polar surface area (TPSA) is 111 Å². The van der Waals surface area contributed by atoms with Crippen molar-refractivity contribution >= 4 is 44.9 Å². The molecule has 0 amide bonds. The minimum atomic E-state index is -0.139. The number of benzene rings is 3. The molecule has 3 aromatic carbocycles. The number of fused-ring (bicyclic) bond motifs is 2. The maximum Gasteiger partial charge on any atom is 0.165 e. The number of ketones is 4. The van der Waals surface area contributed by atoms with E-state index >= 15 is 0 Å². The van der Waals surface area contributed by atoms with Gasteiger partial charge in [-0.2, -0.15) is 0 Å². The lowest BCUT2D eigenvalue weighted by atomic mass is 10.0. The van der Waals surface area contributed by atoms with Gasteiger partial charge in [0.1, 0.15) is 5.75 Å². The van der Waals surface area contributed by atoms with Gasteiger partial charge in [-0.25, -0.2) is 0 Å². The molecule has 0 radical (unpaired) electrons. The molecular weight excluding hydrogens is 554 g/mol. The third-order valence-electron chi connectivity index (χ3n) is 7.81. The molecule has 0 spiro atoms. The molecule has 0 saturated heterocycles. The summed E-state index contributed by atoms with van der Waals surface area (Å²) in [4.78, 5) is 59.0. The van der Waals surface area contributed by atoms with Crippen LogP contribution in [0.5, 0.6) is 5.75 Å². The Kier molecular flexibility index (Phi) is 7.97. The first kappa shape index (κ1) is 28.5. The Hall–Kier alpha value is -5.63. The van der Waals surface area contributed by atoms with Gasteiger partial charge in [-0.05, 0) is 60.7 Å². The molecule has 0 aliphatic heterocycles. The van der Waals surface area contributed by atoms with Crippen molar-refractivity contribution in [3.05, 3.63) is 126 Å². The number of rotatable bonds is 12. The number of hydrogen-bond acceptors (Lipinski definition) is 6. The molecule has 0 unspecified atom stereocenters. The van der Waals surface area contributed by atoms with Gasteiger partial charge in [0, 0.05) is 94.7 Å². The number of carbonyl (C=O) groups excluding carboxylic acids is 4. The number of aromatic nitrogens is 3. The third-order valence-corrected chi connectivity index (χ3v) is 7.81. The molecule has 6 rings (SSSR count). The summed E-state index contributed by atoms with van der Waals surface area (Å²) in [6.07, 6.45) is 6.91. The number of pyridine rings is 1. The van der Waals surface area contributed by atoms with Crippen LogP contribution in [0.4, 0.5) is 0 Å². The molecule has 3 heterocycles. The number of H-pyrrole nitrogens is 1. The molecule has 0 saturated carbocycles.